The average molecular weight is 237 g/mol. The fraction of sp³-hybridized carbons (Fsp3) is 0.900. The van der Waals surface area contributed by atoms with Crippen LogP contribution in [-0.2, 0) is 9.53 Å². The number of hydrogen-bond acceptors (Lipinski definition) is 3. The van der Waals surface area contributed by atoms with E-state index in [-0.39, 0.29) is 18.8 Å². The number of nitrogens with zero attached hydrogens (tertiary/aromatic N) is 1. The van der Waals surface area contributed by atoms with Crippen LogP contribution in [0.15, 0.2) is 0 Å². The second-order valence-corrected chi connectivity index (χ2v) is 4.39. The van der Waals surface area contributed by atoms with Gasteiger partial charge in [-0.15, -0.1) is 0 Å². The predicted molar refractivity (Wildman–Crippen MR) is 49.9 cm³/mol. The van der Waals surface area contributed by atoms with Gasteiger partial charge < -0.3 is 4.74 Å². The number of piperidine rings is 3. The molecule has 3 rings (SSSR count). The highest BCUT2D eigenvalue weighted by molar-refractivity contribution is 5.88. The molecular formula is C10H14F3NO2. The van der Waals surface area contributed by atoms with Crippen LogP contribution in [0.1, 0.15) is 12.8 Å². The molecule has 16 heavy (non-hydrogen) atoms. The van der Waals surface area contributed by atoms with E-state index in [4.69, 9.17) is 4.74 Å². The molecule has 0 amide bonds. The number of ether oxygens (including phenoxy) is 1. The van der Waals surface area contributed by atoms with Gasteiger partial charge in [-0.05, 0) is 12.8 Å². The van der Waals surface area contributed by atoms with Crippen LogP contribution in [0.2, 0.25) is 0 Å². The van der Waals surface area contributed by atoms with Crippen molar-refractivity contribution >= 4 is 5.78 Å². The van der Waals surface area contributed by atoms with Gasteiger partial charge in [0.25, 0.3) is 0 Å². The maximum atomic E-state index is 12.7. The molecule has 2 bridgehead atoms. The molecule has 0 aromatic heterocycles. The monoisotopic (exact) mass is 237 g/mol. The molecule has 0 aromatic carbocycles. The molecule has 4 atom stereocenters. The minimum Gasteiger partial charge on any atom is -0.383 e. The molecule has 0 aromatic rings. The van der Waals surface area contributed by atoms with Crippen molar-refractivity contribution in [1.82, 2.24) is 4.90 Å². The lowest BCUT2D eigenvalue weighted by Gasteiger charge is -2.49. The Kier molecular flexibility index (Phi) is 2.96. The SMILES string of the molecule is COCC1C(=O)C2CCN1C(C(F)(F)F)C2. The van der Waals surface area contributed by atoms with Gasteiger partial charge in [-0.25, -0.2) is 0 Å². The second kappa shape index (κ2) is 4.00. The van der Waals surface area contributed by atoms with Crippen molar-refractivity contribution in [2.45, 2.75) is 31.1 Å². The molecule has 0 aliphatic carbocycles. The number of halogens is 3. The normalized spacial score (nSPS) is 39.1. The van der Waals surface area contributed by atoms with Crippen LogP contribution >= 0.6 is 0 Å². The zero-order valence-electron chi connectivity index (χ0n) is 8.96. The fourth-order valence-corrected chi connectivity index (χ4v) is 2.71. The van der Waals surface area contributed by atoms with E-state index in [1.807, 2.05) is 0 Å². The standard InChI is InChI=1S/C10H14F3NO2/c1-16-5-7-9(15)6-2-3-14(7)8(4-6)10(11,12)13/h6-8H,2-5H2,1H3. The van der Waals surface area contributed by atoms with E-state index >= 15 is 0 Å². The van der Waals surface area contributed by atoms with Gasteiger partial charge in [-0.2, -0.15) is 13.2 Å². The van der Waals surface area contributed by atoms with Gasteiger partial charge in [0.2, 0.25) is 0 Å². The fourth-order valence-electron chi connectivity index (χ4n) is 2.71. The quantitative estimate of drug-likeness (QED) is 0.723. The van der Waals surface area contributed by atoms with Gasteiger partial charge in [-0.1, -0.05) is 0 Å². The number of alkyl halides is 3. The molecule has 3 aliphatic heterocycles. The summed E-state index contributed by atoms with van der Waals surface area (Å²) < 4.78 is 43.1. The minimum atomic E-state index is -4.24. The van der Waals surface area contributed by atoms with Crippen molar-refractivity contribution in [3.05, 3.63) is 0 Å². The molecular weight excluding hydrogens is 223 g/mol. The van der Waals surface area contributed by atoms with Crippen LogP contribution in [0.5, 0.6) is 0 Å². The first-order valence-electron chi connectivity index (χ1n) is 5.30. The van der Waals surface area contributed by atoms with Crippen molar-refractivity contribution in [1.29, 1.82) is 0 Å². The lowest BCUT2D eigenvalue weighted by atomic mass is 9.78. The summed E-state index contributed by atoms with van der Waals surface area (Å²) in [7, 11) is 1.40. The third-order valence-corrected chi connectivity index (χ3v) is 3.48. The first kappa shape index (κ1) is 11.9. The number of carbonyl (C=O) groups is 1. The smallest absolute Gasteiger partial charge is 0.383 e. The molecule has 0 N–H and O–H groups in total. The zero-order chi connectivity index (χ0) is 11.9. The van der Waals surface area contributed by atoms with Gasteiger partial charge in [0.15, 0.2) is 5.78 Å². The molecule has 6 heteroatoms. The Bertz CT molecular complexity index is 292. The number of carbonyl (C=O) groups excluding carboxylic acids is 1. The Hall–Kier alpha value is -0.620. The van der Waals surface area contributed by atoms with Crippen molar-refractivity contribution in [2.24, 2.45) is 5.92 Å². The van der Waals surface area contributed by atoms with Crippen LogP contribution in [0.3, 0.4) is 0 Å². The van der Waals surface area contributed by atoms with Crippen LogP contribution in [0.4, 0.5) is 13.2 Å². The highest BCUT2D eigenvalue weighted by Crippen LogP contribution is 2.40. The summed E-state index contributed by atoms with van der Waals surface area (Å²) in [5.41, 5.74) is 0. The van der Waals surface area contributed by atoms with Gasteiger partial charge in [0.1, 0.15) is 6.04 Å². The van der Waals surface area contributed by atoms with E-state index in [9.17, 15) is 18.0 Å². The Morgan fingerprint density at radius 2 is 2.19 bits per heavy atom. The Morgan fingerprint density at radius 1 is 1.50 bits per heavy atom. The Balaban J connectivity index is 2.20. The molecule has 3 saturated heterocycles. The maximum Gasteiger partial charge on any atom is 0.404 e. The van der Waals surface area contributed by atoms with E-state index in [1.165, 1.54) is 12.0 Å². The lowest BCUT2D eigenvalue weighted by molar-refractivity contribution is -0.215. The van der Waals surface area contributed by atoms with Crippen LogP contribution in [0, 0.1) is 5.92 Å². The number of Topliss-reactive ketones (excluding diaryl/α,β-unsaturated/α-hetero) is 1. The second-order valence-electron chi connectivity index (χ2n) is 4.39. The average Bonchev–Trinajstić information content (AvgIpc) is 2.22. The molecule has 92 valence electrons. The van der Waals surface area contributed by atoms with Crippen molar-refractivity contribution < 1.29 is 22.7 Å². The van der Waals surface area contributed by atoms with Crippen LogP contribution in [0.25, 0.3) is 0 Å². The topological polar surface area (TPSA) is 29.5 Å². The minimum absolute atomic E-state index is 0.0575. The van der Waals surface area contributed by atoms with E-state index in [1.54, 1.807) is 0 Å². The number of methoxy groups -OCH3 is 1. The number of fused-ring (bicyclic) bond motifs is 3. The third kappa shape index (κ3) is 1.84. The molecule has 0 saturated carbocycles. The van der Waals surface area contributed by atoms with E-state index in [0.717, 1.165) is 0 Å². The summed E-state index contributed by atoms with van der Waals surface area (Å²) in [6, 6.07) is -2.17. The summed E-state index contributed by atoms with van der Waals surface area (Å²) in [6.45, 7) is 0.399. The van der Waals surface area contributed by atoms with Gasteiger partial charge >= 0.3 is 6.18 Å². The van der Waals surface area contributed by atoms with E-state index < -0.39 is 24.2 Å². The lowest BCUT2D eigenvalue weighted by Crippen LogP contribution is -2.65. The largest absolute Gasteiger partial charge is 0.404 e. The summed E-state index contributed by atoms with van der Waals surface area (Å²) in [4.78, 5) is 13.0. The van der Waals surface area contributed by atoms with Gasteiger partial charge in [-0.3, -0.25) is 9.69 Å². The maximum absolute atomic E-state index is 12.7. The van der Waals surface area contributed by atoms with Gasteiger partial charge in [0, 0.05) is 19.6 Å². The molecule has 3 aliphatic rings. The predicted octanol–water partition coefficient (Wildman–Crippen LogP) is 1.23. The summed E-state index contributed by atoms with van der Waals surface area (Å²) in [6.07, 6.45) is -3.78. The first-order valence-corrected chi connectivity index (χ1v) is 5.30. The molecule has 3 nitrogen and oxygen atoms in total. The van der Waals surface area contributed by atoms with E-state index in [0.29, 0.717) is 13.0 Å². The summed E-state index contributed by atoms with van der Waals surface area (Å²) >= 11 is 0. The molecule has 0 spiro atoms. The first-order chi connectivity index (χ1) is 7.45. The Labute approximate surface area is 91.5 Å². The third-order valence-electron chi connectivity index (χ3n) is 3.48. The summed E-state index contributed by atoms with van der Waals surface area (Å²) in [5.74, 6) is -0.523. The molecule has 3 fully saturated rings. The van der Waals surface area contributed by atoms with Crippen molar-refractivity contribution in [3.8, 4) is 0 Å². The molecule has 4 unspecified atom stereocenters. The molecule has 3 heterocycles. The van der Waals surface area contributed by atoms with Crippen molar-refractivity contribution in [3.63, 3.8) is 0 Å². The highest BCUT2D eigenvalue weighted by atomic mass is 19.4. The van der Waals surface area contributed by atoms with Crippen molar-refractivity contribution in [2.75, 3.05) is 20.3 Å². The molecule has 0 radical (unpaired) electrons. The highest BCUT2D eigenvalue weighted by Gasteiger charge is 2.55. The Morgan fingerprint density at radius 3 is 2.75 bits per heavy atom. The van der Waals surface area contributed by atoms with Crippen LogP contribution in [-0.4, -0.2) is 49.2 Å². The summed E-state index contributed by atoms with van der Waals surface area (Å²) in [5, 5.41) is 0. The zero-order valence-corrected chi connectivity index (χ0v) is 8.96. The number of hydrogen-bond donors (Lipinski definition) is 0. The van der Waals surface area contributed by atoms with E-state index in [2.05, 4.69) is 0 Å². The number of rotatable bonds is 2. The van der Waals surface area contributed by atoms with Gasteiger partial charge in [0.05, 0.1) is 12.6 Å². The number of ketones is 1. The van der Waals surface area contributed by atoms with Crippen LogP contribution < -0.4 is 0 Å².